The van der Waals surface area contributed by atoms with Crippen LogP contribution in [0.5, 0.6) is 0 Å². The Balaban J connectivity index is 4.00. The van der Waals surface area contributed by atoms with E-state index >= 15 is 0 Å². The molecule has 3 unspecified atom stereocenters. The van der Waals surface area contributed by atoms with Crippen molar-refractivity contribution in [3.63, 3.8) is 0 Å². The minimum atomic E-state index is -4.34. The lowest BCUT2D eigenvalue weighted by Gasteiger charge is -2.25. The van der Waals surface area contributed by atoms with Crippen molar-refractivity contribution in [1.82, 2.24) is 5.32 Å². The van der Waals surface area contributed by atoms with Crippen LogP contribution in [0, 0.1) is 0 Å². The summed E-state index contributed by atoms with van der Waals surface area (Å²) >= 11 is 0. The molecule has 0 spiro atoms. The van der Waals surface area contributed by atoms with Gasteiger partial charge in [0, 0.05) is 6.42 Å². The summed E-state index contributed by atoms with van der Waals surface area (Å²) in [5, 5.41) is 13.9. The summed E-state index contributed by atoms with van der Waals surface area (Å²) in [6, 6.07) is -0.842. The van der Waals surface area contributed by atoms with Gasteiger partial charge < -0.3 is 19.8 Å². The molecule has 1 amide bonds. The Labute approximate surface area is 404 Å². The summed E-state index contributed by atoms with van der Waals surface area (Å²) in [6.45, 7) is 4.83. The molecule has 0 aliphatic carbocycles. The number of phosphoric acid groups is 1. The van der Waals surface area contributed by atoms with E-state index in [9.17, 15) is 19.4 Å². The van der Waals surface area contributed by atoms with E-state index in [0.717, 1.165) is 38.5 Å². The van der Waals surface area contributed by atoms with E-state index in [-0.39, 0.29) is 19.1 Å². The third-order valence-electron chi connectivity index (χ3n) is 12.9. The molecule has 0 heterocycles. The SMILES string of the molecule is CCCCCCCCCC/C=C\CCCCCCCCCCCCCCCCCCCCCC(=O)NC(COP(=O)(O)OCC[N+](C)(C)C)C(O)/C=C/CCCCCCCCCCCC. The van der Waals surface area contributed by atoms with Gasteiger partial charge in [-0.2, -0.15) is 0 Å². The Morgan fingerprint density at radius 2 is 0.831 bits per heavy atom. The number of carbonyl (C=O) groups is 1. The van der Waals surface area contributed by atoms with Crippen molar-refractivity contribution in [1.29, 1.82) is 0 Å². The maximum Gasteiger partial charge on any atom is 0.472 e. The zero-order valence-electron chi connectivity index (χ0n) is 44.0. The number of phosphoric ester groups is 1. The van der Waals surface area contributed by atoms with Crippen LogP contribution in [0.3, 0.4) is 0 Å². The molecular weight excluding hydrogens is 828 g/mol. The molecule has 0 saturated heterocycles. The lowest BCUT2D eigenvalue weighted by molar-refractivity contribution is -0.870. The van der Waals surface area contributed by atoms with Gasteiger partial charge >= 0.3 is 7.82 Å². The van der Waals surface area contributed by atoms with Crippen LogP contribution in [-0.2, 0) is 18.4 Å². The van der Waals surface area contributed by atoms with Gasteiger partial charge in [0.05, 0.1) is 39.9 Å². The van der Waals surface area contributed by atoms with Gasteiger partial charge in [0.15, 0.2) is 0 Å². The highest BCUT2D eigenvalue weighted by atomic mass is 31.2. The van der Waals surface area contributed by atoms with Crippen LogP contribution in [0.25, 0.3) is 0 Å². The van der Waals surface area contributed by atoms with Gasteiger partial charge in [-0.15, -0.1) is 0 Å². The first-order chi connectivity index (χ1) is 31.5. The first kappa shape index (κ1) is 64.0. The van der Waals surface area contributed by atoms with Crippen LogP contribution in [-0.4, -0.2) is 73.4 Å². The fraction of sp³-hybridized carbons (Fsp3) is 0.911. The number of aliphatic hydroxyl groups is 1. The van der Waals surface area contributed by atoms with Crippen LogP contribution < -0.4 is 5.32 Å². The minimum Gasteiger partial charge on any atom is -0.387 e. The summed E-state index contributed by atoms with van der Waals surface area (Å²) in [5.74, 6) is -0.173. The number of hydrogen-bond acceptors (Lipinski definition) is 5. The number of unbranched alkanes of at least 4 members (excludes halogenated alkanes) is 37. The third-order valence-corrected chi connectivity index (χ3v) is 13.9. The van der Waals surface area contributed by atoms with Gasteiger partial charge in [0.25, 0.3) is 0 Å². The van der Waals surface area contributed by atoms with E-state index in [1.165, 1.54) is 218 Å². The summed E-state index contributed by atoms with van der Waals surface area (Å²) in [6.07, 6.45) is 60.0. The van der Waals surface area contributed by atoms with E-state index in [0.29, 0.717) is 17.4 Å². The van der Waals surface area contributed by atoms with Crippen molar-refractivity contribution in [3.8, 4) is 0 Å². The largest absolute Gasteiger partial charge is 0.472 e. The van der Waals surface area contributed by atoms with Crippen molar-refractivity contribution in [2.24, 2.45) is 0 Å². The van der Waals surface area contributed by atoms with Gasteiger partial charge in [0.1, 0.15) is 13.2 Å². The number of nitrogens with zero attached hydrogens (tertiary/aromatic N) is 1. The number of hydrogen-bond donors (Lipinski definition) is 3. The molecule has 65 heavy (non-hydrogen) atoms. The highest BCUT2D eigenvalue weighted by Crippen LogP contribution is 2.43. The standard InChI is InChI=1S/C56H111N2O6P/c1-6-8-10-12-14-16-18-20-21-22-23-24-25-26-27-28-29-30-31-32-33-34-35-36-37-38-40-42-44-46-48-50-56(60)57-54(53-64-65(61,62)63-52-51-58(3,4)5)55(59)49-47-45-43-41-39-19-17-15-13-11-9-7-2/h22-23,47,49,54-55,59H,6-21,24-46,48,50-53H2,1-5H3,(H-,57,60,61,62)/p+1/b23-22-,49-47+. The van der Waals surface area contributed by atoms with Gasteiger partial charge in [-0.1, -0.05) is 250 Å². The van der Waals surface area contributed by atoms with E-state index in [1.54, 1.807) is 6.08 Å². The van der Waals surface area contributed by atoms with Crippen molar-refractivity contribution in [2.45, 2.75) is 289 Å². The summed E-state index contributed by atoms with van der Waals surface area (Å²) < 4.78 is 23.6. The number of allylic oxidation sites excluding steroid dienone is 3. The maximum atomic E-state index is 12.9. The zero-order chi connectivity index (χ0) is 47.8. The predicted molar refractivity (Wildman–Crippen MR) is 281 cm³/mol. The van der Waals surface area contributed by atoms with Crippen molar-refractivity contribution in [3.05, 3.63) is 24.3 Å². The molecule has 3 N–H and O–H groups in total. The number of rotatable bonds is 52. The molecule has 3 atom stereocenters. The molecule has 8 nitrogen and oxygen atoms in total. The molecule has 0 aromatic rings. The van der Waals surface area contributed by atoms with Crippen LogP contribution in [0.4, 0.5) is 0 Å². The third kappa shape index (κ3) is 50.7. The molecule has 9 heteroatoms. The monoisotopic (exact) mass is 940 g/mol. The maximum absolute atomic E-state index is 12.9. The van der Waals surface area contributed by atoms with E-state index in [1.807, 2.05) is 27.2 Å². The number of quaternary nitrogens is 1. The summed E-state index contributed by atoms with van der Waals surface area (Å²) in [5.41, 5.74) is 0. The van der Waals surface area contributed by atoms with E-state index < -0.39 is 20.0 Å². The molecule has 386 valence electrons. The molecule has 0 aromatic heterocycles. The molecule has 0 fully saturated rings. The summed E-state index contributed by atoms with van der Waals surface area (Å²) in [7, 11) is 1.58. The fourth-order valence-corrected chi connectivity index (χ4v) is 9.19. The first-order valence-corrected chi connectivity index (χ1v) is 29.7. The Bertz CT molecular complexity index is 1110. The number of nitrogens with one attached hydrogen (secondary N) is 1. The minimum absolute atomic E-state index is 0.0637. The smallest absolute Gasteiger partial charge is 0.387 e. The predicted octanol–water partition coefficient (Wildman–Crippen LogP) is 16.8. The second-order valence-electron chi connectivity index (χ2n) is 20.7. The van der Waals surface area contributed by atoms with E-state index in [2.05, 4.69) is 31.3 Å². The molecule has 0 rings (SSSR count). The lowest BCUT2D eigenvalue weighted by atomic mass is 10.0. The quantitative estimate of drug-likeness (QED) is 0.0243. The zero-order valence-corrected chi connectivity index (χ0v) is 44.9. The van der Waals surface area contributed by atoms with Crippen molar-refractivity contribution < 1.29 is 32.9 Å². The average Bonchev–Trinajstić information content (AvgIpc) is 3.26. The highest BCUT2D eigenvalue weighted by molar-refractivity contribution is 7.47. The normalized spacial score (nSPS) is 14.1. The number of likely N-dealkylation sites (N-methyl/N-ethyl adjacent to an activating group) is 1. The molecule has 0 bridgehead atoms. The number of aliphatic hydroxyl groups excluding tert-OH is 1. The molecule has 0 aliphatic heterocycles. The molecule has 0 radical (unpaired) electrons. The Morgan fingerprint density at radius 1 is 0.508 bits per heavy atom. The van der Waals surface area contributed by atoms with Gasteiger partial charge in [-0.05, 0) is 44.9 Å². The van der Waals surface area contributed by atoms with E-state index in [4.69, 9.17) is 9.05 Å². The van der Waals surface area contributed by atoms with Gasteiger partial charge in [-0.25, -0.2) is 4.57 Å². The second kappa shape index (κ2) is 48.0. The Morgan fingerprint density at radius 3 is 1.18 bits per heavy atom. The molecule has 0 saturated carbocycles. The molecule has 0 aliphatic rings. The van der Waals surface area contributed by atoms with Crippen LogP contribution in [0.2, 0.25) is 0 Å². The number of amides is 1. The first-order valence-electron chi connectivity index (χ1n) is 28.2. The molecular formula is C56H112N2O6P+. The van der Waals surface area contributed by atoms with Crippen LogP contribution >= 0.6 is 7.82 Å². The Hall–Kier alpha value is -1.02. The average molecular weight is 940 g/mol. The highest BCUT2D eigenvalue weighted by Gasteiger charge is 2.27. The van der Waals surface area contributed by atoms with Crippen LogP contribution in [0.1, 0.15) is 277 Å². The molecule has 0 aromatic carbocycles. The Kier molecular flexibility index (Phi) is 47.3. The van der Waals surface area contributed by atoms with Crippen molar-refractivity contribution >= 4 is 13.7 Å². The fourth-order valence-electron chi connectivity index (χ4n) is 8.45. The topological polar surface area (TPSA) is 105 Å². The van der Waals surface area contributed by atoms with Gasteiger partial charge in [0.2, 0.25) is 5.91 Å². The van der Waals surface area contributed by atoms with Crippen LogP contribution in [0.15, 0.2) is 24.3 Å². The lowest BCUT2D eigenvalue weighted by Crippen LogP contribution is -2.45. The van der Waals surface area contributed by atoms with Gasteiger partial charge in [-0.3, -0.25) is 13.8 Å². The number of carbonyl (C=O) groups excluding carboxylic acids is 1. The van der Waals surface area contributed by atoms with Crippen molar-refractivity contribution in [2.75, 3.05) is 40.9 Å². The second-order valence-corrected chi connectivity index (χ2v) is 22.1. The summed E-state index contributed by atoms with van der Waals surface area (Å²) in [4.78, 5) is 23.2.